The van der Waals surface area contributed by atoms with Gasteiger partial charge in [-0.1, -0.05) is 11.6 Å². The summed E-state index contributed by atoms with van der Waals surface area (Å²) >= 11 is 5.95. The van der Waals surface area contributed by atoms with E-state index in [-0.39, 0.29) is 33.9 Å². The quantitative estimate of drug-likeness (QED) is 0.912. The van der Waals surface area contributed by atoms with Crippen molar-refractivity contribution in [1.82, 2.24) is 9.78 Å². The molecule has 1 saturated carbocycles. The molecule has 0 atom stereocenters. The number of carbonyl (C=O) groups excluding carboxylic acids is 1. The van der Waals surface area contributed by atoms with Crippen LogP contribution in [0.3, 0.4) is 0 Å². The van der Waals surface area contributed by atoms with Crippen molar-refractivity contribution in [3.05, 3.63) is 40.5 Å². The molecule has 5 nitrogen and oxygen atoms in total. The first kappa shape index (κ1) is 16.3. The maximum atomic E-state index is 12.7. The minimum atomic E-state index is -4.52. The number of carbonyl (C=O) groups is 1. The van der Waals surface area contributed by atoms with Crippen molar-refractivity contribution < 1.29 is 18.0 Å². The lowest BCUT2D eigenvalue weighted by Gasteiger charge is -2.13. The molecule has 1 aliphatic carbocycles. The average molecular weight is 355 g/mol. The van der Waals surface area contributed by atoms with E-state index in [1.54, 1.807) is 0 Å². The zero-order valence-corrected chi connectivity index (χ0v) is 12.8. The highest BCUT2D eigenvalue weighted by molar-refractivity contribution is 6.32. The van der Waals surface area contributed by atoms with Gasteiger partial charge in [-0.3, -0.25) is 4.79 Å². The largest absolute Gasteiger partial charge is 0.416 e. The van der Waals surface area contributed by atoms with Gasteiger partial charge in [0.2, 0.25) is 5.91 Å². The minimum absolute atomic E-state index is 0.0936. The highest BCUT2D eigenvalue weighted by Gasteiger charge is 2.32. The van der Waals surface area contributed by atoms with Gasteiger partial charge in [-0.2, -0.15) is 23.5 Å². The molecule has 2 aromatic rings. The van der Waals surface area contributed by atoms with Gasteiger partial charge < -0.3 is 5.32 Å². The number of alkyl halides is 3. The fourth-order valence-electron chi connectivity index (χ4n) is 2.15. The molecule has 1 fully saturated rings. The molecule has 0 saturated heterocycles. The summed E-state index contributed by atoms with van der Waals surface area (Å²) in [4.78, 5) is 12.0. The molecular formula is C15H10ClF3N4O. The van der Waals surface area contributed by atoms with Crippen LogP contribution in [0.15, 0.2) is 24.4 Å². The lowest BCUT2D eigenvalue weighted by Crippen LogP contribution is -2.17. The summed E-state index contributed by atoms with van der Waals surface area (Å²) < 4.78 is 39.3. The van der Waals surface area contributed by atoms with Crippen LogP contribution in [0, 0.1) is 17.2 Å². The predicted molar refractivity (Wildman–Crippen MR) is 79.6 cm³/mol. The summed E-state index contributed by atoms with van der Waals surface area (Å²) in [5.41, 5.74) is -0.662. The average Bonchev–Trinajstić information content (AvgIpc) is 3.29. The maximum Gasteiger partial charge on any atom is 0.416 e. The predicted octanol–water partition coefficient (Wildman–Crippen LogP) is 3.76. The van der Waals surface area contributed by atoms with E-state index in [9.17, 15) is 18.0 Å². The van der Waals surface area contributed by atoms with Crippen molar-refractivity contribution in [2.45, 2.75) is 19.0 Å². The molecule has 1 N–H and O–H groups in total. The van der Waals surface area contributed by atoms with Crippen LogP contribution in [0.1, 0.15) is 24.0 Å². The molecule has 0 bridgehead atoms. The first-order chi connectivity index (χ1) is 11.3. The Morgan fingerprint density at radius 2 is 2.12 bits per heavy atom. The molecule has 1 heterocycles. The van der Waals surface area contributed by atoms with E-state index in [1.807, 2.05) is 6.07 Å². The first-order valence-electron chi connectivity index (χ1n) is 6.97. The SMILES string of the molecule is N#Cc1cnn(-c2ccc(C(F)(F)F)cc2Cl)c1NC(=O)C1CC1. The second kappa shape index (κ2) is 5.83. The minimum Gasteiger partial charge on any atom is -0.309 e. The number of amides is 1. The molecule has 0 radical (unpaired) electrons. The van der Waals surface area contributed by atoms with Crippen LogP contribution in [0.2, 0.25) is 5.02 Å². The maximum absolute atomic E-state index is 12.7. The molecule has 1 amide bonds. The van der Waals surface area contributed by atoms with Gasteiger partial charge in [0.05, 0.1) is 22.5 Å². The van der Waals surface area contributed by atoms with Gasteiger partial charge in [0.25, 0.3) is 0 Å². The standard InChI is InChI=1S/C15H10ClF3N4O/c16-11-5-10(15(17,18)19)3-4-12(11)23-13(9(6-20)7-21-23)22-14(24)8-1-2-8/h3-5,7-8H,1-2H2,(H,22,24). The molecule has 0 aliphatic heterocycles. The van der Waals surface area contributed by atoms with Crippen LogP contribution < -0.4 is 5.32 Å². The topological polar surface area (TPSA) is 70.7 Å². The molecule has 9 heteroatoms. The number of nitriles is 1. The number of hydrogen-bond donors (Lipinski definition) is 1. The Kier molecular flexibility index (Phi) is 3.97. The van der Waals surface area contributed by atoms with E-state index in [0.29, 0.717) is 0 Å². The van der Waals surface area contributed by atoms with Crippen LogP contribution in [0.4, 0.5) is 19.0 Å². The van der Waals surface area contributed by atoms with E-state index >= 15 is 0 Å². The lowest BCUT2D eigenvalue weighted by atomic mass is 10.2. The Morgan fingerprint density at radius 3 is 2.67 bits per heavy atom. The Hall–Kier alpha value is -2.53. The van der Waals surface area contributed by atoms with Crippen molar-refractivity contribution in [2.75, 3.05) is 5.32 Å². The number of aromatic nitrogens is 2. The van der Waals surface area contributed by atoms with Crippen LogP contribution in [0.25, 0.3) is 5.69 Å². The highest BCUT2D eigenvalue weighted by Crippen LogP contribution is 2.35. The number of rotatable bonds is 3. The normalized spacial score (nSPS) is 14.3. The summed E-state index contributed by atoms with van der Waals surface area (Å²) in [6.07, 6.45) is -1.77. The van der Waals surface area contributed by atoms with Crippen molar-refractivity contribution in [2.24, 2.45) is 5.92 Å². The Bertz CT molecular complexity index is 849. The second-order valence-corrected chi connectivity index (χ2v) is 5.77. The van der Waals surface area contributed by atoms with Gasteiger partial charge in [0, 0.05) is 5.92 Å². The van der Waals surface area contributed by atoms with E-state index in [2.05, 4.69) is 10.4 Å². The molecular weight excluding hydrogens is 345 g/mol. The molecule has 0 spiro atoms. The third-order valence-electron chi connectivity index (χ3n) is 3.58. The Morgan fingerprint density at radius 1 is 1.42 bits per heavy atom. The van der Waals surface area contributed by atoms with E-state index < -0.39 is 11.7 Å². The van der Waals surface area contributed by atoms with E-state index in [4.69, 9.17) is 16.9 Å². The zero-order chi connectivity index (χ0) is 17.5. The van der Waals surface area contributed by atoms with Gasteiger partial charge in [-0.15, -0.1) is 0 Å². The monoisotopic (exact) mass is 354 g/mol. The van der Waals surface area contributed by atoms with Crippen molar-refractivity contribution >= 4 is 23.3 Å². The first-order valence-corrected chi connectivity index (χ1v) is 7.35. The van der Waals surface area contributed by atoms with Crippen LogP contribution in [0.5, 0.6) is 0 Å². The Balaban J connectivity index is 2.02. The highest BCUT2D eigenvalue weighted by atomic mass is 35.5. The van der Waals surface area contributed by atoms with Crippen molar-refractivity contribution in [3.8, 4) is 11.8 Å². The molecule has 0 unspecified atom stereocenters. The number of nitrogens with one attached hydrogen (secondary N) is 1. The van der Waals surface area contributed by atoms with Crippen molar-refractivity contribution in [3.63, 3.8) is 0 Å². The number of benzene rings is 1. The summed E-state index contributed by atoms with van der Waals surface area (Å²) in [5, 5.41) is 15.5. The number of nitrogens with zero attached hydrogens (tertiary/aromatic N) is 3. The molecule has 1 aliphatic rings. The Labute approximate surface area is 139 Å². The molecule has 1 aromatic carbocycles. The van der Waals surface area contributed by atoms with E-state index in [0.717, 1.165) is 35.7 Å². The van der Waals surface area contributed by atoms with Gasteiger partial charge in [-0.25, -0.2) is 4.68 Å². The summed E-state index contributed by atoms with van der Waals surface area (Å²) in [7, 11) is 0. The van der Waals surface area contributed by atoms with E-state index in [1.165, 1.54) is 6.20 Å². The second-order valence-electron chi connectivity index (χ2n) is 5.36. The fraction of sp³-hybridized carbons (Fsp3) is 0.267. The smallest absolute Gasteiger partial charge is 0.309 e. The fourth-order valence-corrected chi connectivity index (χ4v) is 2.41. The van der Waals surface area contributed by atoms with Gasteiger partial charge in [-0.05, 0) is 31.0 Å². The third-order valence-corrected chi connectivity index (χ3v) is 3.89. The van der Waals surface area contributed by atoms with Crippen LogP contribution >= 0.6 is 11.6 Å². The molecule has 124 valence electrons. The van der Waals surface area contributed by atoms with Crippen LogP contribution in [-0.4, -0.2) is 15.7 Å². The third kappa shape index (κ3) is 3.08. The molecule has 3 rings (SSSR count). The number of hydrogen-bond acceptors (Lipinski definition) is 3. The van der Waals surface area contributed by atoms with Gasteiger partial charge >= 0.3 is 6.18 Å². The number of halogens is 4. The molecule has 1 aromatic heterocycles. The van der Waals surface area contributed by atoms with Crippen LogP contribution in [-0.2, 0) is 11.0 Å². The molecule has 24 heavy (non-hydrogen) atoms. The summed E-state index contributed by atoms with van der Waals surface area (Å²) in [6, 6.07) is 4.67. The van der Waals surface area contributed by atoms with Gasteiger partial charge in [0.15, 0.2) is 5.82 Å². The number of anilines is 1. The summed E-state index contributed by atoms with van der Waals surface area (Å²) in [6.45, 7) is 0. The lowest BCUT2D eigenvalue weighted by molar-refractivity contribution is -0.137. The zero-order valence-electron chi connectivity index (χ0n) is 12.1. The van der Waals surface area contributed by atoms with Crippen molar-refractivity contribution in [1.29, 1.82) is 5.26 Å². The van der Waals surface area contributed by atoms with Gasteiger partial charge in [0.1, 0.15) is 11.6 Å². The summed E-state index contributed by atoms with van der Waals surface area (Å²) in [5.74, 6) is -0.268.